The summed E-state index contributed by atoms with van der Waals surface area (Å²) in [6, 6.07) is 10.2. The van der Waals surface area contributed by atoms with Crippen LogP contribution in [0.25, 0.3) is 0 Å². The van der Waals surface area contributed by atoms with Gasteiger partial charge in [0.05, 0.1) is 18.5 Å². The van der Waals surface area contributed by atoms with Crippen molar-refractivity contribution in [1.82, 2.24) is 4.98 Å². The van der Waals surface area contributed by atoms with Crippen molar-refractivity contribution in [2.24, 2.45) is 0 Å². The molecule has 0 aliphatic rings. The molecule has 1 unspecified atom stereocenters. The number of halogens is 1. The van der Waals surface area contributed by atoms with Crippen LogP contribution in [-0.2, 0) is 4.74 Å². The van der Waals surface area contributed by atoms with E-state index >= 15 is 0 Å². The van der Waals surface area contributed by atoms with E-state index in [1.54, 1.807) is 31.5 Å². The highest BCUT2D eigenvalue weighted by Crippen LogP contribution is 2.20. The third-order valence-corrected chi connectivity index (χ3v) is 3.03. The number of aromatic nitrogens is 1. The van der Waals surface area contributed by atoms with E-state index < -0.39 is 0 Å². The van der Waals surface area contributed by atoms with Crippen molar-refractivity contribution in [3.8, 4) is 5.88 Å². The van der Waals surface area contributed by atoms with Crippen molar-refractivity contribution in [3.63, 3.8) is 0 Å². The summed E-state index contributed by atoms with van der Waals surface area (Å²) >= 11 is 0. The van der Waals surface area contributed by atoms with Gasteiger partial charge >= 0.3 is 0 Å². The van der Waals surface area contributed by atoms with E-state index in [0.29, 0.717) is 19.1 Å². The molecule has 5 heteroatoms. The quantitative estimate of drug-likeness (QED) is 0.794. The third-order valence-electron chi connectivity index (χ3n) is 3.03. The Morgan fingerprint density at radius 1 is 1.14 bits per heavy atom. The first-order chi connectivity index (χ1) is 10.2. The summed E-state index contributed by atoms with van der Waals surface area (Å²) < 4.78 is 23.2. The number of benzene rings is 1. The van der Waals surface area contributed by atoms with Crippen LogP contribution >= 0.6 is 0 Å². The molecule has 0 aliphatic carbocycles. The van der Waals surface area contributed by atoms with Gasteiger partial charge in [0.25, 0.3) is 0 Å². The molecule has 0 saturated carbocycles. The van der Waals surface area contributed by atoms with Gasteiger partial charge in [0.2, 0.25) is 5.88 Å². The minimum absolute atomic E-state index is 0.0626. The summed E-state index contributed by atoms with van der Waals surface area (Å²) in [4.78, 5) is 4.21. The number of rotatable bonds is 7. The molecule has 1 atom stereocenters. The predicted octanol–water partition coefficient (Wildman–Crippen LogP) is 3.42. The highest BCUT2D eigenvalue weighted by molar-refractivity contribution is 5.44. The molecule has 21 heavy (non-hydrogen) atoms. The van der Waals surface area contributed by atoms with Crippen LogP contribution in [0.3, 0.4) is 0 Å². The summed E-state index contributed by atoms with van der Waals surface area (Å²) in [7, 11) is 1.63. The summed E-state index contributed by atoms with van der Waals surface area (Å²) in [6.45, 7) is 3.02. The number of pyridine rings is 1. The van der Waals surface area contributed by atoms with Gasteiger partial charge in [-0.3, -0.25) is 0 Å². The maximum atomic E-state index is 12.9. The smallest absolute Gasteiger partial charge is 0.213 e. The fraction of sp³-hybridized carbons (Fsp3) is 0.312. The van der Waals surface area contributed by atoms with E-state index in [-0.39, 0.29) is 11.9 Å². The van der Waals surface area contributed by atoms with Crippen LogP contribution in [0.15, 0.2) is 42.6 Å². The van der Waals surface area contributed by atoms with E-state index in [1.807, 2.05) is 13.0 Å². The first-order valence-corrected chi connectivity index (χ1v) is 6.79. The second-order valence-corrected chi connectivity index (χ2v) is 4.64. The zero-order valence-corrected chi connectivity index (χ0v) is 12.2. The molecular formula is C16H19FN2O2. The van der Waals surface area contributed by atoms with Gasteiger partial charge in [-0.2, -0.15) is 0 Å². The number of anilines is 1. The van der Waals surface area contributed by atoms with Gasteiger partial charge in [-0.25, -0.2) is 9.37 Å². The van der Waals surface area contributed by atoms with Crippen molar-refractivity contribution >= 4 is 5.69 Å². The second-order valence-electron chi connectivity index (χ2n) is 4.64. The van der Waals surface area contributed by atoms with E-state index in [4.69, 9.17) is 9.47 Å². The number of nitrogens with zero attached hydrogens (tertiary/aromatic N) is 1. The van der Waals surface area contributed by atoms with E-state index in [0.717, 1.165) is 11.3 Å². The monoisotopic (exact) mass is 290 g/mol. The number of methoxy groups -OCH3 is 1. The van der Waals surface area contributed by atoms with E-state index in [9.17, 15) is 4.39 Å². The second kappa shape index (κ2) is 7.59. The van der Waals surface area contributed by atoms with Gasteiger partial charge in [-0.05, 0) is 30.7 Å². The van der Waals surface area contributed by atoms with Gasteiger partial charge in [-0.1, -0.05) is 12.1 Å². The molecule has 1 N–H and O–H groups in total. The van der Waals surface area contributed by atoms with E-state index in [1.165, 1.54) is 12.1 Å². The van der Waals surface area contributed by atoms with Crippen LogP contribution in [-0.4, -0.2) is 25.3 Å². The molecule has 1 heterocycles. The van der Waals surface area contributed by atoms with Gasteiger partial charge in [0.15, 0.2) is 0 Å². The lowest BCUT2D eigenvalue weighted by atomic mass is 10.1. The van der Waals surface area contributed by atoms with Gasteiger partial charge in [0, 0.05) is 19.2 Å². The fourth-order valence-corrected chi connectivity index (χ4v) is 1.87. The Hall–Kier alpha value is -2.14. The third kappa shape index (κ3) is 4.72. The zero-order valence-electron chi connectivity index (χ0n) is 12.2. The number of ether oxygens (including phenoxy) is 2. The number of hydrogen-bond acceptors (Lipinski definition) is 4. The fourth-order valence-electron chi connectivity index (χ4n) is 1.87. The minimum atomic E-state index is -0.231. The van der Waals surface area contributed by atoms with Crippen LogP contribution in [0.4, 0.5) is 10.1 Å². The summed E-state index contributed by atoms with van der Waals surface area (Å²) in [5.41, 5.74) is 1.89. The Balaban J connectivity index is 1.91. The largest absolute Gasteiger partial charge is 0.475 e. The van der Waals surface area contributed by atoms with Crippen molar-refractivity contribution in [2.45, 2.75) is 13.0 Å². The Labute approximate surface area is 123 Å². The van der Waals surface area contributed by atoms with Crippen LogP contribution in [0, 0.1) is 5.82 Å². The molecule has 0 bridgehead atoms. The summed E-state index contributed by atoms with van der Waals surface area (Å²) in [5.74, 6) is 0.331. The van der Waals surface area contributed by atoms with Crippen molar-refractivity contribution in [2.75, 3.05) is 25.6 Å². The number of hydrogen-bond donors (Lipinski definition) is 1. The van der Waals surface area contributed by atoms with Crippen molar-refractivity contribution in [3.05, 3.63) is 54.0 Å². The first kappa shape index (κ1) is 15.3. The van der Waals surface area contributed by atoms with Crippen LogP contribution < -0.4 is 10.1 Å². The topological polar surface area (TPSA) is 43.4 Å². The molecule has 4 nitrogen and oxygen atoms in total. The maximum Gasteiger partial charge on any atom is 0.213 e. The molecule has 2 rings (SSSR count). The maximum absolute atomic E-state index is 12.9. The summed E-state index contributed by atoms with van der Waals surface area (Å²) in [5, 5.41) is 3.31. The standard InChI is InChI=1S/C16H19FN2O2/c1-12(13-3-5-14(17)6-4-13)19-15-7-8-16(18-11-15)21-10-9-20-2/h3-8,11-12,19H,9-10H2,1-2H3. The Kier molecular flexibility index (Phi) is 5.51. The molecule has 0 fully saturated rings. The molecule has 1 aromatic heterocycles. The summed E-state index contributed by atoms with van der Waals surface area (Å²) in [6.07, 6.45) is 1.71. The molecule has 0 amide bonds. The van der Waals surface area contributed by atoms with Crippen LogP contribution in [0.5, 0.6) is 5.88 Å². The first-order valence-electron chi connectivity index (χ1n) is 6.79. The minimum Gasteiger partial charge on any atom is -0.475 e. The Morgan fingerprint density at radius 3 is 2.52 bits per heavy atom. The lowest BCUT2D eigenvalue weighted by Crippen LogP contribution is -2.08. The van der Waals surface area contributed by atoms with Crippen LogP contribution in [0.1, 0.15) is 18.5 Å². The van der Waals surface area contributed by atoms with Crippen molar-refractivity contribution in [1.29, 1.82) is 0 Å². The van der Waals surface area contributed by atoms with Crippen molar-refractivity contribution < 1.29 is 13.9 Å². The molecule has 0 saturated heterocycles. The predicted molar refractivity (Wildman–Crippen MR) is 80.0 cm³/mol. The van der Waals surface area contributed by atoms with Gasteiger partial charge < -0.3 is 14.8 Å². The molecule has 0 aliphatic heterocycles. The van der Waals surface area contributed by atoms with Crippen LogP contribution in [0.2, 0.25) is 0 Å². The lowest BCUT2D eigenvalue weighted by molar-refractivity contribution is 0.144. The Morgan fingerprint density at radius 2 is 1.90 bits per heavy atom. The molecular weight excluding hydrogens is 271 g/mol. The van der Waals surface area contributed by atoms with Gasteiger partial charge in [0.1, 0.15) is 12.4 Å². The Bertz CT molecular complexity index is 543. The molecule has 1 aromatic carbocycles. The molecule has 2 aromatic rings. The average Bonchev–Trinajstić information content (AvgIpc) is 2.50. The zero-order chi connectivity index (χ0) is 15.1. The molecule has 112 valence electrons. The van der Waals surface area contributed by atoms with E-state index in [2.05, 4.69) is 10.3 Å². The average molecular weight is 290 g/mol. The highest BCUT2D eigenvalue weighted by Gasteiger charge is 2.06. The van der Waals surface area contributed by atoms with Gasteiger partial charge in [-0.15, -0.1) is 0 Å². The molecule has 0 radical (unpaired) electrons. The normalized spacial score (nSPS) is 12.0. The lowest BCUT2D eigenvalue weighted by Gasteiger charge is -2.15. The SMILES string of the molecule is COCCOc1ccc(NC(C)c2ccc(F)cc2)cn1. The molecule has 0 spiro atoms. The number of nitrogens with one attached hydrogen (secondary N) is 1. The highest BCUT2D eigenvalue weighted by atomic mass is 19.1.